The minimum absolute atomic E-state index is 0.384. The molecule has 0 N–H and O–H groups in total. The molecule has 3 heteroatoms. The lowest BCUT2D eigenvalue weighted by molar-refractivity contribution is 0.105. The standard InChI is InChI=1S/C14H25N3/c1-13(2)11-16-7-9-17(10-8-16)12-14(3-4-14)5-6-15/h13H,3-5,7-12H2,1-2H3. The van der Waals surface area contributed by atoms with Crippen molar-refractivity contribution in [2.24, 2.45) is 11.3 Å². The highest BCUT2D eigenvalue weighted by molar-refractivity contribution is 5.01. The van der Waals surface area contributed by atoms with Gasteiger partial charge in [0.05, 0.1) is 6.07 Å². The van der Waals surface area contributed by atoms with Gasteiger partial charge in [-0.05, 0) is 24.2 Å². The minimum atomic E-state index is 0.384. The second-order valence-electron chi connectivity index (χ2n) is 6.31. The Balaban J connectivity index is 1.71. The highest BCUT2D eigenvalue weighted by atomic mass is 15.3. The summed E-state index contributed by atoms with van der Waals surface area (Å²) in [4.78, 5) is 5.15. The summed E-state index contributed by atoms with van der Waals surface area (Å²) in [6.07, 6.45) is 3.30. The van der Waals surface area contributed by atoms with Gasteiger partial charge in [0, 0.05) is 45.7 Å². The first-order valence-corrected chi connectivity index (χ1v) is 6.95. The molecule has 2 rings (SSSR count). The SMILES string of the molecule is CC(C)CN1CCN(CC2(CC#N)CC2)CC1. The van der Waals surface area contributed by atoms with E-state index in [1.807, 2.05) is 0 Å². The van der Waals surface area contributed by atoms with Crippen LogP contribution in [0.1, 0.15) is 33.1 Å². The number of piperazine rings is 1. The van der Waals surface area contributed by atoms with E-state index < -0.39 is 0 Å². The van der Waals surface area contributed by atoms with Gasteiger partial charge in [-0.2, -0.15) is 5.26 Å². The zero-order valence-corrected chi connectivity index (χ0v) is 11.3. The minimum Gasteiger partial charge on any atom is -0.301 e. The number of hydrogen-bond acceptors (Lipinski definition) is 3. The molecule has 3 nitrogen and oxygen atoms in total. The molecule has 1 aliphatic carbocycles. The quantitative estimate of drug-likeness (QED) is 0.729. The molecule has 17 heavy (non-hydrogen) atoms. The normalized spacial score (nSPS) is 24.8. The van der Waals surface area contributed by atoms with Gasteiger partial charge in [0.1, 0.15) is 0 Å². The molecule has 0 bridgehead atoms. The van der Waals surface area contributed by atoms with Crippen LogP contribution in [0.2, 0.25) is 0 Å². The molecule has 0 radical (unpaired) electrons. The Morgan fingerprint density at radius 3 is 2.18 bits per heavy atom. The number of hydrogen-bond donors (Lipinski definition) is 0. The first-order chi connectivity index (χ1) is 8.13. The molecule has 0 unspecified atom stereocenters. The topological polar surface area (TPSA) is 30.3 Å². The van der Waals surface area contributed by atoms with Gasteiger partial charge in [0.2, 0.25) is 0 Å². The van der Waals surface area contributed by atoms with E-state index in [-0.39, 0.29) is 0 Å². The Kier molecular flexibility index (Phi) is 4.06. The van der Waals surface area contributed by atoms with E-state index >= 15 is 0 Å². The number of nitriles is 1. The highest BCUT2D eigenvalue weighted by Crippen LogP contribution is 2.49. The second-order valence-corrected chi connectivity index (χ2v) is 6.31. The summed E-state index contributed by atoms with van der Waals surface area (Å²) in [5.74, 6) is 0.773. The Bertz CT molecular complexity index is 280. The van der Waals surface area contributed by atoms with Crippen LogP contribution >= 0.6 is 0 Å². The van der Waals surface area contributed by atoms with E-state index in [9.17, 15) is 0 Å². The molecule has 0 aromatic heterocycles. The molecular weight excluding hydrogens is 210 g/mol. The largest absolute Gasteiger partial charge is 0.301 e. The zero-order valence-electron chi connectivity index (χ0n) is 11.3. The third kappa shape index (κ3) is 3.69. The van der Waals surface area contributed by atoms with Crippen LogP contribution in [0.3, 0.4) is 0 Å². The van der Waals surface area contributed by atoms with E-state index in [2.05, 4.69) is 29.7 Å². The Labute approximate surface area is 105 Å². The van der Waals surface area contributed by atoms with Crippen molar-refractivity contribution in [2.45, 2.75) is 33.1 Å². The molecule has 1 aliphatic heterocycles. The van der Waals surface area contributed by atoms with Gasteiger partial charge in [-0.3, -0.25) is 0 Å². The molecule has 0 atom stereocenters. The van der Waals surface area contributed by atoms with Crippen molar-refractivity contribution in [1.82, 2.24) is 9.80 Å². The molecule has 2 aliphatic rings. The Morgan fingerprint density at radius 2 is 1.71 bits per heavy atom. The van der Waals surface area contributed by atoms with Gasteiger partial charge >= 0.3 is 0 Å². The van der Waals surface area contributed by atoms with Crippen LogP contribution in [0.15, 0.2) is 0 Å². The average molecular weight is 235 g/mol. The van der Waals surface area contributed by atoms with Crippen LogP contribution in [-0.4, -0.2) is 49.1 Å². The predicted molar refractivity (Wildman–Crippen MR) is 69.6 cm³/mol. The van der Waals surface area contributed by atoms with Gasteiger partial charge in [-0.25, -0.2) is 0 Å². The van der Waals surface area contributed by atoms with Gasteiger partial charge in [-0.15, -0.1) is 0 Å². The summed E-state index contributed by atoms with van der Waals surface area (Å²) in [7, 11) is 0. The van der Waals surface area contributed by atoms with Crippen molar-refractivity contribution in [3.63, 3.8) is 0 Å². The Hall–Kier alpha value is -0.590. The first kappa shape index (κ1) is 12.9. The maximum Gasteiger partial charge on any atom is 0.0628 e. The summed E-state index contributed by atoms with van der Waals surface area (Å²) in [5.41, 5.74) is 0.384. The summed E-state index contributed by atoms with van der Waals surface area (Å²) in [6.45, 7) is 11.8. The van der Waals surface area contributed by atoms with Crippen molar-refractivity contribution in [2.75, 3.05) is 39.3 Å². The lowest BCUT2D eigenvalue weighted by Gasteiger charge is -2.37. The molecular formula is C14H25N3. The fraction of sp³-hybridized carbons (Fsp3) is 0.929. The Morgan fingerprint density at radius 1 is 1.12 bits per heavy atom. The molecule has 96 valence electrons. The molecule has 0 aromatic carbocycles. The molecule has 0 aromatic rings. The maximum atomic E-state index is 8.84. The van der Waals surface area contributed by atoms with Crippen molar-refractivity contribution in [1.29, 1.82) is 5.26 Å². The van der Waals surface area contributed by atoms with Crippen LogP contribution in [0.4, 0.5) is 0 Å². The van der Waals surface area contributed by atoms with Crippen molar-refractivity contribution < 1.29 is 0 Å². The third-order valence-corrected chi connectivity index (χ3v) is 4.06. The van der Waals surface area contributed by atoms with Gasteiger partial charge in [0.15, 0.2) is 0 Å². The molecule has 1 saturated carbocycles. The summed E-state index contributed by atoms with van der Waals surface area (Å²) >= 11 is 0. The first-order valence-electron chi connectivity index (χ1n) is 6.95. The van der Waals surface area contributed by atoms with E-state index in [0.717, 1.165) is 18.9 Å². The summed E-state index contributed by atoms with van der Waals surface area (Å²) in [5, 5.41) is 8.84. The lowest BCUT2D eigenvalue weighted by atomic mass is 10.0. The molecule has 1 heterocycles. The highest BCUT2D eigenvalue weighted by Gasteiger charge is 2.43. The monoisotopic (exact) mass is 235 g/mol. The second kappa shape index (κ2) is 5.37. The van der Waals surface area contributed by atoms with Gasteiger partial charge in [-0.1, -0.05) is 13.8 Å². The third-order valence-electron chi connectivity index (χ3n) is 4.06. The van der Waals surface area contributed by atoms with Crippen molar-refractivity contribution in [3.05, 3.63) is 0 Å². The number of rotatable bonds is 5. The predicted octanol–water partition coefficient (Wildman–Crippen LogP) is 1.95. The average Bonchev–Trinajstić information content (AvgIpc) is 3.01. The van der Waals surface area contributed by atoms with E-state index in [0.29, 0.717) is 5.41 Å². The zero-order chi connectivity index (χ0) is 12.3. The van der Waals surface area contributed by atoms with Crippen LogP contribution in [0, 0.1) is 22.7 Å². The van der Waals surface area contributed by atoms with Crippen molar-refractivity contribution >= 4 is 0 Å². The van der Waals surface area contributed by atoms with E-state index in [4.69, 9.17) is 5.26 Å². The van der Waals surface area contributed by atoms with Crippen LogP contribution in [0.25, 0.3) is 0 Å². The molecule has 1 saturated heterocycles. The maximum absolute atomic E-state index is 8.84. The van der Waals surface area contributed by atoms with Crippen LogP contribution < -0.4 is 0 Å². The van der Waals surface area contributed by atoms with E-state index in [1.165, 1.54) is 45.6 Å². The van der Waals surface area contributed by atoms with E-state index in [1.54, 1.807) is 0 Å². The van der Waals surface area contributed by atoms with Crippen LogP contribution in [0.5, 0.6) is 0 Å². The lowest BCUT2D eigenvalue weighted by Crippen LogP contribution is -2.48. The van der Waals surface area contributed by atoms with Gasteiger partial charge < -0.3 is 9.80 Å². The summed E-state index contributed by atoms with van der Waals surface area (Å²) < 4.78 is 0. The molecule has 2 fully saturated rings. The fourth-order valence-electron chi connectivity index (χ4n) is 2.86. The van der Waals surface area contributed by atoms with Crippen LogP contribution in [-0.2, 0) is 0 Å². The fourth-order valence-corrected chi connectivity index (χ4v) is 2.86. The van der Waals surface area contributed by atoms with Gasteiger partial charge in [0.25, 0.3) is 0 Å². The molecule has 0 spiro atoms. The molecule has 0 amide bonds. The summed E-state index contributed by atoms with van der Waals surface area (Å²) in [6, 6.07) is 2.36. The van der Waals surface area contributed by atoms with Crippen molar-refractivity contribution in [3.8, 4) is 6.07 Å². The smallest absolute Gasteiger partial charge is 0.0628 e. The number of nitrogens with zero attached hydrogens (tertiary/aromatic N) is 3.